The summed E-state index contributed by atoms with van der Waals surface area (Å²) in [6, 6.07) is 9.35. The van der Waals surface area contributed by atoms with Crippen molar-refractivity contribution < 1.29 is 9.53 Å². The van der Waals surface area contributed by atoms with E-state index in [1.165, 1.54) is 23.2 Å². The molecule has 0 N–H and O–H groups in total. The molecule has 10 heteroatoms. The number of benzene rings is 1. The topological polar surface area (TPSA) is 92.1 Å². The molecule has 0 saturated carbocycles. The van der Waals surface area contributed by atoms with Gasteiger partial charge in [0.1, 0.15) is 12.4 Å². The van der Waals surface area contributed by atoms with Crippen molar-refractivity contribution in [2.24, 2.45) is 0 Å². The maximum absolute atomic E-state index is 13.1. The number of hydrogen-bond acceptors (Lipinski definition) is 9. The number of ether oxygens (including phenoxy) is 1. The molecule has 0 radical (unpaired) electrons. The molecule has 1 amide bonds. The van der Waals surface area contributed by atoms with E-state index >= 15 is 0 Å². The van der Waals surface area contributed by atoms with Crippen LogP contribution >= 0.6 is 0 Å². The van der Waals surface area contributed by atoms with Crippen LogP contribution in [-0.4, -0.2) is 110 Å². The van der Waals surface area contributed by atoms with Crippen LogP contribution in [0.15, 0.2) is 30.4 Å². The number of aryl methyl sites for hydroxylation is 1. The smallest absolute Gasteiger partial charge is 0.318 e. The number of anilines is 2. The first-order valence-corrected chi connectivity index (χ1v) is 15.5. The lowest BCUT2D eigenvalue weighted by molar-refractivity contribution is -0.128. The van der Waals surface area contributed by atoms with Gasteiger partial charge in [-0.25, -0.2) is 0 Å². The highest BCUT2D eigenvalue weighted by Gasteiger charge is 2.34. The molecule has 1 aromatic carbocycles. The van der Waals surface area contributed by atoms with Crippen molar-refractivity contribution in [1.82, 2.24) is 24.7 Å². The Labute approximate surface area is 256 Å². The van der Waals surface area contributed by atoms with Crippen LogP contribution in [0.1, 0.15) is 41.6 Å². The minimum atomic E-state index is -0.215. The molecular weight excluding hydrogens is 540 g/mol. The van der Waals surface area contributed by atoms with E-state index in [2.05, 4.69) is 59.9 Å². The van der Waals surface area contributed by atoms with Crippen molar-refractivity contribution >= 4 is 17.4 Å². The molecule has 2 fully saturated rings. The van der Waals surface area contributed by atoms with Crippen molar-refractivity contribution in [3.63, 3.8) is 0 Å². The molecule has 10 nitrogen and oxygen atoms in total. The van der Waals surface area contributed by atoms with Crippen molar-refractivity contribution in [1.29, 1.82) is 5.26 Å². The normalized spacial score (nSPS) is 21.0. The molecule has 230 valence electrons. The van der Waals surface area contributed by atoms with E-state index in [1.807, 2.05) is 30.0 Å². The highest BCUT2D eigenvalue weighted by atomic mass is 16.5. The van der Waals surface area contributed by atoms with Crippen molar-refractivity contribution in [3.05, 3.63) is 52.7 Å². The number of carbonyl (C=O) groups is 1. The highest BCUT2D eigenvalue weighted by Crippen LogP contribution is 2.34. The average molecular weight is 587 g/mol. The molecule has 5 rings (SSSR count). The van der Waals surface area contributed by atoms with Gasteiger partial charge in [-0.05, 0) is 78.0 Å². The molecule has 2 aromatic rings. The zero-order valence-corrected chi connectivity index (χ0v) is 26.4. The summed E-state index contributed by atoms with van der Waals surface area (Å²) in [5.41, 5.74) is 5.95. The molecular formula is C33H46N8O2. The molecule has 3 aliphatic heterocycles. The van der Waals surface area contributed by atoms with Crippen LogP contribution in [0.25, 0.3) is 0 Å². The molecule has 1 aromatic heterocycles. The first-order chi connectivity index (χ1) is 20.7. The Kier molecular flexibility index (Phi) is 9.83. The third-order valence-electron chi connectivity index (χ3n) is 9.14. The second-order valence-electron chi connectivity index (χ2n) is 12.4. The molecule has 2 unspecified atom stereocenters. The van der Waals surface area contributed by atoms with E-state index in [9.17, 15) is 10.1 Å². The summed E-state index contributed by atoms with van der Waals surface area (Å²) in [7, 11) is 6.09. The number of likely N-dealkylation sites (tertiary alicyclic amines) is 1. The Morgan fingerprint density at radius 1 is 1.14 bits per heavy atom. The lowest BCUT2D eigenvalue weighted by Gasteiger charge is -2.42. The molecule has 4 heterocycles. The number of amides is 1. The number of nitrogens with zero attached hydrogens (tertiary/aromatic N) is 8. The fourth-order valence-corrected chi connectivity index (χ4v) is 6.44. The first kappa shape index (κ1) is 30.8. The van der Waals surface area contributed by atoms with E-state index in [0.717, 1.165) is 43.0 Å². The Hall–Kier alpha value is -3.68. The second-order valence-corrected chi connectivity index (χ2v) is 12.4. The number of piperazine rings is 1. The molecule has 0 spiro atoms. The van der Waals surface area contributed by atoms with Gasteiger partial charge >= 0.3 is 6.01 Å². The van der Waals surface area contributed by atoms with Crippen LogP contribution in [0.2, 0.25) is 0 Å². The second kappa shape index (κ2) is 13.7. The van der Waals surface area contributed by atoms with Crippen LogP contribution in [0.4, 0.5) is 11.5 Å². The number of hydrogen-bond donors (Lipinski definition) is 0. The highest BCUT2D eigenvalue weighted by molar-refractivity contribution is 5.88. The largest absolute Gasteiger partial charge is 0.462 e. The lowest BCUT2D eigenvalue weighted by Crippen LogP contribution is -2.55. The van der Waals surface area contributed by atoms with E-state index in [4.69, 9.17) is 14.7 Å². The number of carbonyl (C=O) groups excluding carboxylic acids is 1. The summed E-state index contributed by atoms with van der Waals surface area (Å²) in [5, 5.41) is 9.65. The van der Waals surface area contributed by atoms with Crippen molar-refractivity contribution in [2.45, 2.75) is 58.2 Å². The fraction of sp³-hybridized carbons (Fsp3) is 0.576. The number of nitriles is 1. The Balaban J connectivity index is 1.42. The van der Waals surface area contributed by atoms with Gasteiger partial charge in [0.2, 0.25) is 5.91 Å². The summed E-state index contributed by atoms with van der Waals surface area (Å²) >= 11 is 0. The van der Waals surface area contributed by atoms with Gasteiger partial charge < -0.3 is 29.2 Å². The van der Waals surface area contributed by atoms with Crippen LogP contribution in [0, 0.1) is 25.2 Å². The third-order valence-corrected chi connectivity index (χ3v) is 9.14. The fourth-order valence-electron chi connectivity index (χ4n) is 6.44. The standard InChI is InChI=1S/C33H46N8O2/c1-24-9-6-11-30(25(24)2)39-18-14-28-29(22-39)35-33(43-23-27-10-7-17-38(27)5)36-32(28)40-19-20-41(26(21-40)13-15-34)31(42)12-8-16-37(3)4/h6,8-9,11-12,26-27H,7,10,13-14,16-23H2,1-5H3/b12-8+. The monoisotopic (exact) mass is 586 g/mol. The van der Waals surface area contributed by atoms with E-state index in [-0.39, 0.29) is 18.4 Å². The van der Waals surface area contributed by atoms with Gasteiger partial charge in [-0.1, -0.05) is 18.2 Å². The van der Waals surface area contributed by atoms with Crippen LogP contribution in [0.3, 0.4) is 0 Å². The first-order valence-electron chi connectivity index (χ1n) is 15.5. The van der Waals surface area contributed by atoms with E-state index in [1.54, 1.807) is 6.08 Å². The summed E-state index contributed by atoms with van der Waals surface area (Å²) in [6.45, 7) is 9.97. The predicted molar refractivity (Wildman–Crippen MR) is 169 cm³/mol. The summed E-state index contributed by atoms with van der Waals surface area (Å²) in [5.74, 6) is 0.846. The zero-order chi connectivity index (χ0) is 30.5. The molecule has 2 saturated heterocycles. The minimum Gasteiger partial charge on any atom is -0.462 e. The minimum absolute atomic E-state index is 0.0414. The number of aromatic nitrogens is 2. The maximum atomic E-state index is 13.1. The third kappa shape index (κ3) is 7.11. The summed E-state index contributed by atoms with van der Waals surface area (Å²) < 4.78 is 6.30. The van der Waals surface area contributed by atoms with Crippen molar-refractivity contribution in [3.8, 4) is 12.1 Å². The zero-order valence-electron chi connectivity index (χ0n) is 26.4. The van der Waals surface area contributed by atoms with Gasteiger partial charge in [-0.2, -0.15) is 15.2 Å². The van der Waals surface area contributed by atoms with E-state index < -0.39 is 0 Å². The molecule has 0 aliphatic carbocycles. The quantitative estimate of drug-likeness (QED) is 0.411. The molecule has 3 aliphatic rings. The van der Waals surface area contributed by atoms with Gasteiger partial charge in [0, 0.05) is 56.1 Å². The van der Waals surface area contributed by atoms with Gasteiger partial charge in [-0.15, -0.1) is 0 Å². The number of fused-ring (bicyclic) bond motifs is 1. The maximum Gasteiger partial charge on any atom is 0.318 e. The van der Waals surface area contributed by atoms with Crippen molar-refractivity contribution in [2.75, 3.05) is 76.8 Å². The Morgan fingerprint density at radius 2 is 1.98 bits per heavy atom. The van der Waals surface area contributed by atoms with Crippen LogP contribution in [-0.2, 0) is 17.8 Å². The lowest BCUT2D eigenvalue weighted by atomic mass is 10.0. The predicted octanol–water partition coefficient (Wildman–Crippen LogP) is 3.18. The summed E-state index contributed by atoms with van der Waals surface area (Å²) in [6.07, 6.45) is 6.91. The van der Waals surface area contributed by atoms with Gasteiger partial charge in [0.05, 0.1) is 30.8 Å². The molecule has 43 heavy (non-hydrogen) atoms. The SMILES string of the molecule is Cc1cccc(N2CCc3c(nc(OCC4CCCN4C)nc3N3CCN(C(=O)/C=C/CN(C)C)C(CC#N)C3)C2)c1C. The van der Waals surface area contributed by atoms with Gasteiger partial charge in [0.15, 0.2) is 0 Å². The average Bonchev–Trinajstić information content (AvgIpc) is 3.41. The van der Waals surface area contributed by atoms with Gasteiger partial charge in [0.25, 0.3) is 0 Å². The Bertz CT molecular complexity index is 1370. The van der Waals surface area contributed by atoms with E-state index in [0.29, 0.717) is 51.4 Å². The van der Waals surface area contributed by atoms with Crippen LogP contribution < -0.4 is 14.5 Å². The number of likely N-dealkylation sites (N-methyl/N-ethyl adjacent to an activating group) is 2. The summed E-state index contributed by atoms with van der Waals surface area (Å²) in [4.78, 5) is 33.9. The number of rotatable bonds is 9. The Morgan fingerprint density at radius 3 is 2.72 bits per heavy atom. The molecule has 2 atom stereocenters. The van der Waals surface area contributed by atoms with Crippen LogP contribution in [0.5, 0.6) is 6.01 Å². The van der Waals surface area contributed by atoms with Gasteiger partial charge in [-0.3, -0.25) is 4.79 Å². The molecule has 0 bridgehead atoms.